The number of hydrogen-bond acceptors (Lipinski definition) is 4. The molecule has 0 aliphatic carbocycles. The number of ether oxygens (including phenoxy) is 1. The van der Waals surface area contributed by atoms with Gasteiger partial charge in [0.1, 0.15) is 5.69 Å². The van der Waals surface area contributed by atoms with Crippen LogP contribution >= 0.6 is 0 Å². The Balaban J connectivity index is 2.27. The van der Waals surface area contributed by atoms with Gasteiger partial charge in [-0.15, -0.1) is 0 Å². The Hall–Kier alpha value is -1.89. The molecule has 0 N–H and O–H groups in total. The van der Waals surface area contributed by atoms with Crippen LogP contribution in [0.2, 0.25) is 0 Å². The predicted octanol–water partition coefficient (Wildman–Crippen LogP) is 2.99. The van der Waals surface area contributed by atoms with Crippen molar-refractivity contribution in [2.45, 2.75) is 12.3 Å². The van der Waals surface area contributed by atoms with Crippen LogP contribution in [-0.4, -0.2) is 23.3 Å². The molecule has 1 unspecified atom stereocenters. The third-order valence-electron chi connectivity index (χ3n) is 2.31. The number of pyridine rings is 1. The summed E-state index contributed by atoms with van der Waals surface area (Å²) in [5, 5.41) is 0. The first-order chi connectivity index (χ1) is 8.52. The molecule has 0 aliphatic rings. The number of aromatic nitrogens is 2. The van der Waals surface area contributed by atoms with Crippen LogP contribution in [0.15, 0.2) is 35.3 Å². The number of methoxy groups -OCH3 is 1. The minimum atomic E-state index is -4.47. The molecule has 96 valence electrons. The molecule has 0 aromatic carbocycles. The smallest absolute Gasteiger partial charge is 0.418 e. The van der Waals surface area contributed by atoms with Gasteiger partial charge in [-0.2, -0.15) is 13.2 Å². The molecule has 2 heterocycles. The Morgan fingerprint density at radius 3 is 2.50 bits per heavy atom. The molecule has 1 atom stereocenters. The summed E-state index contributed by atoms with van der Waals surface area (Å²) in [7, 11) is 1.00. The van der Waals surface area contributed by atoms with Crippen molar-refractivity contribution in [3.8, 4) is 11.5 Å². The van der Waals surface area contributed by atoms with E-state index >= 15 is 0 Å². The first-order valence-electron chi connectivity index (χ1n) is 4.96. The summed E-state index contributed by atoms with van der Waals surface area (Å²) >= 11 is 0. The minimum absolute atomic E-state index is 0.0618. The zero-order valence-corrected chi connectivity index (χ0v) is 9.31. The van der Waals surface area contributed by atoms with Gasteiger partial charge in [0.2, 0.25) is 0 Å². The molecular weight excluding hydrogens is 249 g/mol. The quantitative estimate of drug-likeness (QED) is 0.849. The lowest BCUT2D eigenvalue weighted by molar-refractivity contribution is -0.216. The van der Waals surface area contributed by atoms with Crippen LogP contribution in [0.25, 0.3) is 11.5 Å². The van der Waals surface area contributed by atoms with E-state index in [1.54, 1.807) is 0 Å². The van der Waals surface area contributed by atoms with E-state index in [0.29, 0.717) is 11.5 Å². The molecule has 0 amide bonds. The van der Waals surface area contributed by atoms with E-state index in [2.05, 4.69) is 14.7 Å². The summed E-state index contributed by atoms with van der Waals surface area (Å²) in [5.74, 6) is 0.391. The Labute approximate surface area is 100 Å². The number of rotatable bonds is 3. The topological polar surface area (TPSA) is 48.2 Å². The fourth-order valence-electron chi connectivity index (χ4n) is 1.51. The summed E-state index contributed by atoms with van der Waals surface area (Å²) in [6.07, 6.45) is -2.68. The Morgan fingerprint density at radius 1 is 1.28 bits per heavy atom. The molecule has 0 radical (unpaired) electrons. The number of oxazole rings is 1. The highest BCUT2D eigenvalue weighted by molar-refractivity contribution is 5.50. The fourth-order valence-corrected chi connectivity index (χ4v) is 1.51. The maximum atomic E-state index is 12.6. The lowest BCUT2D eigenvalue weighted by Gasteiger charge is -2.18. The van der Waals surface area contributed by atoms with Crippen molar-refractivity contribution in [1.29, 1.82) is 0 Å². The average molecular weight is 258 g/mol. The average Bonchev–Trinajstić information content (AvgIpc) is 2.82. The van der Waals surface area contributed by atoms with Gasteiger partial charge >= 0.3 is 6.18 Å². The van der Waals surface area contributed by atoms with E-state index in [0.717, 1.165) is 13.3 Å². The summed E-state index contributed by atoms with van der Waals surface area (Å²) in [6, 6.07) is 2.72. The third kappa shape index (κ3) is 2.51. The second-order valence-electron chi connectivity index (χ2n) is 3.50. The largest absolute Gasteiger partial charge is 0.442 e. The maximum Gasteiger partial charge on any atom is 0.418 e. The normalized spacial score (nSPS) is 13.6. The van der Waals surface area contributed by atoms with Crippen LogP contribution in [0.4, 0.5) is 13.2 Å². The highest BCUT2D eigenvalue weighted by atomic mass is 19.4. The molecule has 18 heavy (non-hydrogen) atoms. The zero-order chi connectivity index (χ0) is 13.2. The second kappa shape index (κ2) is 4.77. The molecule has 4 nitrogen and oxygen atoms in total. The van der Waals surface area contributed by atoms with Crippen LogP contribution < -0.4 is 0 Å². The number of nitrogens with zero attached hydrogens (tertiary/aromatic N) is 2. The molecular formula is C11H9F3N2O2. The first-order valence-corrected chi connectivity index (χ1v) is 4.96. The molecule has 0 saturated heterocycles. The standard InChI is InChI=1S/C11H9F3N2O2/c1-17-10(11(12,13)14)7-2-3-8(16-4-7)9-5-15-6-18-9/h2-6,10H,1H3. The molecule has 2 rings (SSSR count). The molecule has 0 bridgehead atoms. The SMILES string of the molecule is COC(c1ccc(-c2cnco2)nc1)C(F)(F)F. The fraction of sp³-hybridized carbons (Fsp3) is 0.273. The molecule has 0 saturated carbocycles. The summed E-state index contributed by atoms with van der Waals surface area (Å²) in [6.45, 7) is 0. The summed E-state index contributed by atoms with van der Waals surface area (Å²) in [4.78, 5) is 7.59. The monoisotopic (exact) mass is 258 g/mol. The van der Waals surface area contributed by atoms with Crippen LogP contribution in [0.5, 0.6) is 0 Å². The van der Waals surface area contributed by atoms with E-state index in [1.165, 1.54) is 24.7 Å². The lowest BCUT2D eigenvalue weighted by atomic mass is 10.1. The Kier molecular flexibility index (Phi) is 3.33. The third-order valence-corrected chi connectivity index (χ3v) is 2.31. The van der Waals surface area contributed by atoms with Crippen molar-refractivity contribution in [2.24, 2.45) is 0 Å². The van der Waals surface area contributed by atoms with Crippen molar-refractivity contribution < 1.29 is 22.3 Å². The highest BCUT2D eigenvalue weighted by Crippen LogP contribution is 2.35. The van der Waals surface area contributed by atoms with Crippen molar-refractivity contribution in [3.05, 3.63) is 36.5 Å². The van der Waals surface area contributed by atoms with Gasteiger partial charge in [-0.25, -0.2) is 4.98 Å². The molecule has 7 heteroatoms. The van der Waals surface area contributed by atoms with Gasteiger partial charge in [-0.05, 0) is 6.07 Å². The van der Waals surface area contributed by atoms with Crippen molar-refractivity contribution >= 4 is 0 Å². The van der Waals surface area contributed by atoms with Gasteiger partial charge in [0.15, 0.2) is 18.3 Å². The summed E-state index contributed by atoms with van der Waals surface area (Å²) < 4.78 is 47.2. The Morgan fingerprint density at radius 2 is 2.06 bits per heavy atom. The van der Waals surface area contributed by atoms with E-state index in [4.69, 9.17) is 4.42 Å². The first kappa shape index (κ1) is 12.6. The van der Waals surface area contributed by atoms with Gasteiger partial charge < -0.3 is 9.15 Å². The van der Waals surface area contributed by atoms with Crippen molar-refractivity contribution in [3.63, 3.8) is 0 Å². The number of hydrogen-bond donors (Lipinski definition) is 0. The predicted molar refractivity (Wildman–Crippen MR) is 55.5 cm³/mol. The van der Waals surface area contributed by atoms with E-state index in [-0.39, 0.29) is 5.56 Å². The number of alkyl halides is 3. The molecule has 2 aromatic rings. The van der Waals surface area contributed by atoms with Crippen molar-refractivity contribution in [2.75, 3.05) is 7.11 Å². The van der Waals surface area contributed by atoms with Gasteiger partial charge in [0, 0.05) is 18.9 Å². The second-order valence-corrected chi connectivity index (χ2v) is 3.50. The molecule has 0 aliphatic heterocycles. The summed E-state index contributed by atoms with van der Waals surface area (Å²) in [5.41, 5.74) is 0.349. The highest BCUT2D eigenvalue weighted by Gasteiger charge is 2.41. The Bertz CT molecular complexity index is 494. The lowest BCUT2D eigenvalue weighted by Crippen LogP contribution is -2.22. The molecule has 0 spiro atoms. The van der Waals surface area contributed by atoms with Crippen molar-refractivity contribution in [1.82, 2.24) is 9.97 Å². The minimum Gasteiger partial charge on any atom is -0.442 e. The zero-order valence-electron chi connectivity index (χ0n) is 9.31. The number of halogens is 3. The maximum absolute atomic E-state index is 12.6. The van der Waals surface area contributed by atoms with E-state index in [1.807, 2.05) is 0 Å². The van der Waals surface area contributed by atoms with Crippen LogP contribution in [0.3, 0.4) is 0 Å². The van der Waals surface area contributed by atoms with Gasteiger partial charge in [0.25, 0.3) is 0 Å². The van der Waals surface area contributed by atoms with E-state index < -0.39 is 12.3 Å². The van der Waals surface area contributed by atoms with Crippen LogP contribution in [0, 0.1) is 0 Å². The van der Waals surface area contributed by atoms with Gasteiger partial charge in [0.05, 0.1) is 6.20 Å². The van der Waals surface area contributed by atoms with Crippen LogP contribution in [-0.2, 0) is 4.74 Å². The van der Waals surface area contributed by atoms with Gasteiger partial charge in [-0.3, -0.25) is 4.98 Å². The van der Waals surface area contributed by atoms with Gasteiger partial charge in [-0.1, -0.05) is 6.07 Å². The van der Waals surface area contributed by atoms with E-state index in [9.17, 15) is 13.2 Å². The van der Waals surface area contributed by atoms with Crippen LogP contribution in [0.1, 0.15) is 11.7 Å². The molecule has 2 aromatic heterocycles. The molecule has 0 fully saturated rings.